The molecule has 3 atom stereocenters. The zero-order valence-electron chi connectivity index (χ0n) is 9.68. The molecule has 2 nitrogen and oxygen atoms in total. The number of ether oxygens (including phenoxy) is 1. The number of hydrogen-bond donors (Lipinski definition) is 1. The molecule has 2 heteroatoms. The molecule has 0 aromatic heterocycles. The Morgan fingerprint density at radius 3 is 2.93 bits per heavy atom. The van der Waals surface area contributed by atoms with Crippen molar-refractivity contribution < 1.29 is 4.74 Å². The number of hydrogen-bond acceptors (Lipinski definition) is 2. The Morgan fingerprint density at radius 1 is 1.36 bits per heavy atom. The highest BCUT2D eigenvalue weighted by Gasteiger charge is 2.36. The molecule has 82 valence electrons. The van der Waals surface area contributed by atoms with Gasteiger partial charge < -0.3 is 10.1 Å². The van der Waals surface area contributed by atoms with Gasteiger partial charge in [-0.2, -0.15) is 0 Å². The van der Waals surface area contributed by atoms with Gasteiger partial charge in [-0.1, -0.05) is 20.8 Å². The van der Waals surface area contributed by atoms with E-state index in [0.29, 0.717) is 23.5 Å². The molecule has 0 aromatic rings. The van der Waals surface area contributed by atoms with Gasteiger partial charge in [0.15, 0.2) is 0 Å². The molecule has 1 aliphatic carbocycles. The van der Waals surface area contributed by atoms with E-state index in [1.165, 1.54) is 19.3 Å². The number of rotatable bonds is 0. The second-order valence-corrected chi connectivity index (χ2v) is 5.90. The first kappa shape index (κ1) is 10.4. The van der Waals surface area contributed by atoms with Crippen LogP contribution < -0.4 is 5.32 Å². The summed E-state index contributed by atoms with van der Waals surface area (Å²) in [5.74, 6) is 0.670. The lowest BCUT2D eigenvalue weighted by atomic mass is 9.74. The van der Waals surface area contributed by atoms with Gasteiger partial charge in [-0.05, 0) is 30.6 Å². The van der Waals surface area contributed by atoms with Gasteiger partial charge in [0.25, 0.3) is 0 Å². The summed E-state index contributed by atoms with van der Waals surface area (Å²) in [5, 5.41) is 3.66. The largest absolute Gasteiger partial charge is 0.376 e. The lowest BCUT2D eigenvalue weighted by molar-refractivity contribution is -0.0124. The second kappa shape index (κ2) is 3.82. The molecular formula is C12H23NO. The Hall–Kier alpha value is -0.0800. The molecule has 2 aliphatic rings. The lowest BCUT2D eigenvalue weighted by Crippen LogP contribution is -2.46. The fraction of sp³-hybridized carbons (Fsp3) is 1.00. The summed E-state index contributed by atoms with van der Waals surface area (Å²) in [6, 6.07) is 0.601. The Balaban J connectivity index is 1.99. The second-order valence-electron chi connectivity index (χ2n) is 5.90. The summed E-state index contributed by atoms with van der Waals surface area (Å²) in [5.41, 5.74) is 0.505. The zero-order valence-corrected chi connectivity index (χ0v) is 9.68. The first-order valence-corrected chi connectivity index (χ1v) is 5.92. The Morgan fingerprint density at radius 2 is 2.14 bits per heavy atom. The molecule has 0 amide bonds. The molecule has 0 radical (unpaired) electrons. The molecule has 14 heavy (non-hydrogen) atoms. The standard InChI is InChI=1S/C12H23NO/c1-9-7-13-10-6-12(2,3)5-4-11(10)14-8-9/h9-11,13H,4-8H2,1-3H3. The smallest absolute Gasteiger partial charge is 0.0728 e. The molecule has 0 spiro atoms. The molecule has 0 aromatic carbocycles. The Kier molecular flexibility index (Phi) is 2.85. The van der Waals surface area contributed by atoms with Crippen molar-refractivity contribution >= 4 is 0 Å². The van der Waals surface area contributed by atoms with E-state index in [9.17, 15) is 0 Å². The minimum absolute atomic E-state index is 0.480. The third-order valence-corrected chi connectivity index (χ3v) is 3.65. The van der Waals surface area contributed by atoms with E-state index in [-0.39, 0.29) is 0 Å². The summed E-state index contributed by atoms with van der Waals surface area (Å²) < 4.78 is 5.95. The van der Waals surface area contributed by atoms with E-state index in [1.54, 1.807) is 0 Å². The molecule has 1 saturated carbocycles. The first-order chi connectivity index (χ1) is 6.57. The van der Waals surface area contributed by atoms with Gasteiger partial charge in [0.1, 0.15) is 0 Å². The van der Waals surface area contributed by atoms with E-state index in [4.69, 9.17) is 4.74 Å². The molecule has 3 unspecified atom stereocenters. The van der Waals surface area contributed by atoms with Crippen molar-refractivity contribution in [3.8, 4) is 0 Å². The third-order valence-electron chi connectivity index (χ3n) is 3.65. The molecule has 2 rings (SSSR count). The van der Waals surface area contributed by atoms with E-state index < -0.39 is 0 Å². The van der Waals surface area contributed by atoms with Gasteiger partial charge in [-0.25, -0.2) is 0 Å². The average Bonchev–Trinajstić information content (AvgIpc) is 2.27. The third kappa shape index (κ3) is 2.29. The Bertz CT molecular complexity index is 202. The molecule has 1 heterocycles. The highest BCUT2D eigenvalue weighted by Crippen LogP contribution is 2.37. The van der Waals surface area contributed by atoms with Gasteiger partial charge in [-0.15, -0.1) is 0 Å². The lowest BCUT2D eigenvalue weighted by Gasteiger charge is -2.39. The van der Waals surface area contributed by atoms with Crippen LogP contribution in [0.25, 0.3) is 0 Å². The van der Waals surface area contributed by atoms with Gasteiger partial charge in [0, 0.05) is 12.6 Å². The molecule has 1 saturated heterocycles. The van der Waals surface area contributed by atoms with E-state index in [1.807, 2.05) is 0 Å². The molecule has 2 fully saturated rings. The fourth-order valence-electron chi connectivity index (χ4n) is 2.67. The molecule has 0 bridgehead atoms. The van der Waals surface area contributed by atoms with Crippen LogP contribution in [-0.2, 0) is 4.74 Å². The van der Waals surface area contributed by atoms with Crippen LogP contribution >= 0.6 is 0 Å². The highest BCUT2D eigenvalue weighted by molar-refractivity contribution is 4.91. The topological polar surface area (TPSA) is 21.3 Å². The predicted molar refractivity (Wildman–Crippen MR) is 58.3 cm³/mol. The SMILES string of the molecule is CC1CNC2CC(C)(C)CCC2OC1. The first-order valence-electron chi connectivity index (χ1n) is 5.92. The monoisotopic (exact) mass is 197 g/mol. The van der Waals surface area contributed by atoms with E-state index >= 15 is 0 Å². The summed E-state index contributed by atoms with van der Waals surface area (Å²) in [4.78, 5) is 0. The molecule has 1 aliphatic heterocycles. The van der Waals surface area contributed by atoms with Crippen molar-refractivity contribution in [2.45, 2.75) is 52.2 Å². The Labute approximate surface area is 87.4 Å². The van der Waals surface area contributed by atoms with Crippen LogP contribution in [0.5, 0.6) is 0 Å². The van der Waals surface area contributed by atoms with Crippen molar-refractivity contribution in [1.82, 2.24) is 5.32 Å². The van der Waals surface area contributed by atoms with Crippen LogP contribution in [-0.4, -0.2) is 25.3 Å². The maximum Gasteiger partial charge on any atom is 0.0728 e. The van der Waals surface area contributed by atoms with Crippen LogP contribution in [0.3, 0.4) is 0 Å². The van der Waals surface area contributed by atoms with Gasteiger partial charge in [0.2, 0.25) is 0 Å². The minimum Gasteiger partial charge on any atom is -0.376 e. The van der Waals surface area contributed by atoms with Crippen molar-refractivity contribution in [2.24, 2.45) is 11.3 Å². The van der Waals surface area contributed by atoms with Crippen LogP contribution in [0.2, 0.25) is 0 Å². The quantitative estimate of drug-likeness (QED) is 0.643. The van der Waals surface area contributed by atoms with Crippen LogP contribution in [0.15, 0.2) is 0 Å². The summed E-state index contributed by atoms with van der Waals surface area (Å²) >= 11 is 0. The van der Waals surface area contributed by atoms with Gasteiger partial charge in [-0.3, -0.25) is 0 Å². The van der Waals surface area contributed by atoms with Crippen LogP contribution in [0.4, 0.5) is 0 Å². The van der Waals surface area contributed by atoms with Crippen molar-refractivity contribution in [1.29, 1.82) is 0 Å². The molecule has 1 N–H and O–H groups in total. The normalized spacial score (nSPS) is 42.6. The number of nitrogens with one attached hydrogen (secondary N) is 1. The van der Waals surface area contributed by atoms with Gasteiger partial charge in [0.05, 0.1) is 12.7 Å². The molecular weight excluding hydrogens is 174 g/mol. The zero-order chi connectivity index (χ0) is 10.2. The van der Waals surface area contributed by atoms with Crippen molar-refractivity contribution in [2.75, 3.05) is 13.2 Å². The van der Waals surface area contributed by atoms with Crippen LogP contribution in [0, 0.1) is 11.3 Å². The number of fused-ring (bicyclic) bond motifs is 1. The minimum atomic E-state index is 0.480. The maximum atomic E-state index is 5.95. The van der Waals surface area contributed by atoms with E-state index in [2.05, 4.69) is 26.1 Å². The highest BCUT2D eigenvalue weighted by atomic mass is 16.5. The predicted octanol–water partition coefficient (Wildman–Crippen LogP) is 2.19. The summed E-state index contributed by atoms with van der Waals surface area (Å²) in [6.07, 6.45) is 4.29. The summed E-state index contributed by atoms with van der Waals surface area (Å²) in [6.45, 7) is 9.07. The van der Waals surface area contributed by atoms with E-state index in [0.717, 1.165) is 13.2 Å². The summed E-state index contributed by atoms with van der Waals surface area (Å²) in [7, 11) is 0. The maximum absolute atomic E-state index is 5.95. The average molecular weight is 197 g/mol. The van der Waals surface area contributed by atoms with Crippen molar-refractivity contribution in [3.63, 3.8) is 0 Å². The van der Waals surface area contributed by atoms with Crippen LogP contribution in [0.1, 0.15) is 40.0 Å². The fourth-order valence-corrected chi connectivity index (χ4v) is 2.67. The van der Waals surface area contributed by atoms with Crippen molar-refractivity contribution in [3.05, 3.63) is 0 Å². The van der Waals surface area contributed by atoms with Gasteiger partial charge >= 0.3 is 0 Å².